The summed E-state index contributed by atoms with van der Waals surface area (Å²) < 4.78 is 39.7. The van der Waals surface area contributed by atoms with E-state index in [1.807, 2.05) is 18.7 Å². The van der Waals surface area contributed by atoms with Crippen molar-refractivity contribution in [3.05, 3.63) is 52.7 Å². The molecule has 1 aliphatic rings. The molecule has 0 radical (unpaired) electrons. The summed E-state index contributed by atoms with van der Waals surface area (Å²) in [4.78, 5) is 23.1. The lowest BCUT2D eigenvalue weighted by Crippen LogP contribution is -2.49. The molecule has 0 spiro atoms. The standard InChI is InChI=1S/C21H25F3N8O/c1-10(2)18-20(33)29-17-11(3)28-21(30-19(17)32(18)4)27-9-13(31-25)8-26-7-12-5-14(22)16(24)15(23)6-12/h5-6,8,10,18,25-26H,7,9H2,1-4H3,(H,29,33)(H,27,28,30)/b13-8-,31-25?/t18-/m0/s1. The van der Waals surface area contributed by atoms with Gasteiger partial charge in [-0.3, -0.25) is 4.79 Å². The van der Waals surface area contributed by atoms with Crippen molar-refractivity contribution in [1.82, 2.24) is 15.3 Å². The van der Waals surface area contributed by atoms with Crippen molar-refractivity contribution in [3.63, 3.8) is 0 Å². The highest BCUT2D eigenvalue weighted by Gasteiger charge is 2.35. The number of rotatable bonds is 8. The van der Waals surface area contributed by atoms with Gasteiger partial charge in [0, 0.05) is 19.8 Å². The lowest BCUT2D eigenvalue weighted by atomic mass is 9.99. The lowest BCUT2D eigenvalue weighted by molar-refractivity contribution is -0.118. The normalized spacial score (nSPS) is 15.9. The number of amides is 1. The number of aromatic nitrogens is 2. The summed E-state index contributed by atoms with van der Waals surface area (Å²) >= 11 is 0. The van der Waals surface area contributed by atoms with E-state index in [4.69, 9.17) is 5.53 Å². The maximum Gasteiger partial charge on any atom is 0.247 e. The molecule has 1 aromatic carbocycles. The van der Waals surface area contributed by atoms with Gasteiger partial charge < -0.3 is 20.9 Å². The zero-order valence-electron chi connectivity index (χ0n) is 18.6. The molecular formula is C21H25F3N8O. The summed E-state index contributed by atoms with van der Waals surface area (Å²) in [5.74, 6) is -3.25. The van der Waals surface area contributed by atoms with Gasteiger partial charge in [-0.15, -0.1) is 0 Å². The van der Waals surface area contributed by atoms with Crippen LogP contribution in [0.5, 0.6) is 0 Å². The molecule has 176 valence electrons. The van der Waals surface area contributed by atoms with Crippen LogP contribution in [0.1, 0.15) is 25.1 Å². The minimum Gasteiger partial charge on any atom is -0.385 e. The Morgan fingerprint density at radius 3 is 2.58 bits per heavy atom. The molecule has 2 aromatic rings. The molecule has 1 atom stereocenters. The molecule has 33 heavy (non-hydrogen) atoms. The van der Waals surface area contributed by atoms with Crippen molar-refractivity contribution in [1.29, 1.82) is 5.53 Å². The molecule has 0 saturated heterocycles. The van der Waals surface area contributed by atoms with Crippen LogP contribution < -0.4 is 20.9 Å². The summed E-state index contributed by atoms with van der Waals surface area (Å²) in [6.07, 6.45) is 1.39. The number of nitrogens with zero attached hydrogens (tertiary/aromatic N) is 4. The Balaban J connectivity index is 1.69. The van der Waals surface area contributed by atoms with E-state index in [0.29, 0.717) is 17.2 Å². The number of fused-ring (bicyclic) bond motifs is 1. The number of hydrogen-bond acceptors (Lipinski definition) is 8. The zero-order valence-corrected chi connectivity index (χ0v) is 18.6. The Morgan fingerprint density at radius 1 is 1.30 bits per heavy atom. The molecule has 9 nitrogen and oxygen atoms in total. The van der Waals surface area contributed by atoms with Crippen LogP contribution in [0.4, 0.5) is 30.6 Å². The fourth-order valence-corrected chi connectivity index (χ4v) is 3.58. The van der Waals surface area contributed by atoms with Crippen LogP contribution in [-0.4, -0.2) is 35.5 Å². The Kier molecular flexibility index (Phi) is 7.14. The monoisotopic (exact) mass is 462 g/mol. The van der Waals surface area contributed by atoms with Crippen LogP contribution in [0.2, 0.25) is 0 Å². The molecular weight excluding hydrogens is 437 g/mol. The third-order valence-electron chi connectivity index (χ3n) is 5.16. The van der Waals surface area contributed by atoms with Gasteiger partial charge in [0.05, 0.1) is 17.9 Å². The average Bonchev–Trinajstić information content (AvgIpc) is 2.75. The third-order valence-corrected chi connectivity index (χ3v) is 5.16. The molecule has 0 saturated carbocycles. The first-order chi connectivity index (χ1) is 15.6. The Bertz CT molecular complexity index is 1080. The van der Waals surface area contributed by atoms with Crippen LogP contribution in [0.3, 0.4) is 0 Å². The zero-order chi connectivity index (χ0) is 24.3. The van der Waals surface area contributed by atoms with Crippen molar-refractivity contribution in [2.45, 2.75) is 33.4 Å². The van der Waals surface area contributed by atoms with Crippen molar-refractivity contribution in [2.75, 3.05) is 29.1 Å². The van der Waals surface area contributed by atoms with Crippen LogP contribution in [-0.2, 0) is 11.3 Å². The fraction of sp³-hybridized carbons (Fsp3) is 0.381. The van der Waals surface area contributed by atoms with Gasteiger partial charge in [-0.25, -0.2) is 23.7 Å². The first kappa shape index (κ1) is 24.0. The Hall–Kier alpha value is -3.70. The second-order valence-electron chi connectivity index (χ2n) is 7.98. The van der Waals surface area contributed by atoms with Gasteiger partial charge in [-0.1, -0.05) is 13.8 Å². The van der Waals surface area contributed by atoms with E-state index < -0.39 is 17.5 Å². The van der Waals surface area contributed by atoms with E-state index >= 15 is 0 Å². The van der Waals surface area contributed by atoms with Crippen LogP contribution in [0.25, 0.3) is 0 Å². The number of carbonyl (C=O) groups is 1. The Morgan fingerprint density at radius 2 is 1.97 bits per heavy atom. The quantitative estimate of drug-likeness (QED) is 0.351. The first-order valence-corrected chi connectivity index (χ1v) is 10.2. The lowest BCUT2D eigenvalue weighted by Gasteiger charge is -2.36. The van der Waals surface area contributed by atoms with Gasteiger partial charge in [-0.05, 0) is 30.5 Å². The van der Waals surface area contributed by atoms with E-state index in [0.717, 1.165) is 12.1 Å². The molecule has 1 aliphatic heterocycles. The molecule has 4 N–H and O–H groups in total. The maximum absolute atomic E-state index is 13.3. The summed E-state index contributed by atoms with van der Waals surface area (Å²) in [5, 5.41) is 12.0. The number of halogens is 3. The number of benzene rings is 1. The van der Waals surface area contributed by atoms with Gasteiger partial charge in [0.2, 0.25) is 11.9 Å². The van der Waals surface area contributed by atoms with Gasteiger partial charge >= 0.3 is 0 Å². The highest BCUT2D eigenvalue weighted by molar-refractivity contribution is 6.03. The highest BCUT2D eigenvalue weighted by atomic mass is 19.2. The van der Waals surface area contributed by atoms with Gasteiger partial charge in [0.15, 0.2) is 23.3 Å². The number of nitrogens with one attached hydrogen (secondary N) is 4. The second-order valence-corrected chi connectivity index (χ2v) is 7.98. The van der Waals surface area contributed by atoms with E-state index in [9.17, 15) is 18.0 Å². The number of carbonyl (C=O) groups excluding carboxylic acids is 1. The minimum absolute atomic E-state index is 0.00266. The molecule has 3 rings (SSSR count). The summed E-state index contributed by atoms with van der Waals surface area (Å²) in [7, 11) is 1.80. The molecule has 0 aliphatic carbocycles. The topological polar surface area (TPSA) is 118 Å². The molecule has 0 bridgehead atoms. The van der Waals surface area contributed by atoms with Gasteiger partial charge in [0.25, 0.3) is 0 Å². The van der Waals surface area contributed by atoms with Crippen LogP contribution >= 0.6 is 0 Å². The van der Waals surface area contributed by atoms with E-state index in [1.54, 1.807) is 14.0 Å². The smallest absolute Gasteiger partial charge is 0.247 e. The SMILES string of the molecule is Cc1nc(NC/C(=C/NCc2cc(F)c(F)c(F)c2)N=N)nc2c1NC(=O)[C@H](C(C)C)N2C. The number of anilines is 3. The van der Waals surface area contributed by atoms with Gasteiger partial charge in [0.1, 0.15) is 11.7 Å². The highest BCUT2D eigenvalue weighted by Crippen LogP contribution is 2.34. The third kappa shape index (κ3) is 5.21. The Labute approximate surface area is 189 Å². The number of aryl methyl sites for hydroxylation is 1. The van der Waals surface area contributed by atoms with E-state index in [1.165, 1.54) is 6.20 Å². The van der Waals surface area contributed by atoms with Crippen molar-refractivity contribution in [2.24, 2.45) is 11.0 Å². The largest absolute Gasteiger partial charge is 0.385 e. The molecule has 1 aromatic heterocycles. The number of hydrogen-bond donors (Lipinski definition) is 4. The minimum atomic E-state index is -1.52. The fourth-order valence-electron chi connectivity index (χ4n) is 3.58. The molecule has 0 fully saturated rings. The molecule has 2 heterocycles. The molecule has 12 heteroatoms. The average molecular weight is 462 g/mol. The second kappa shape index (κ2) is 9.84. The molecule has 0 unspecified atom stereocenters. The van der Waals surface area contributed by atoms with Crippen molar-refractivity contribution < 1.29 is 18.0 Å². The van der Waals surface area contributed by atoms with E-state index in [-0.39, 0.29) is 48.2 Å². The van der Waals surface area contributed by atoms with E-state index in [2.05, 4.69) is 31.0 Å². The van der Waals surface area contributed by atoms with Crippen LogP contribution in [0, 0.1) is 35.8 Å². The maximum atomic E-state index is 13.3. The summed E-state index contributed by atoms with van der Waals surface area (Å²) in [5.41, 5.74) is 8.92. The van der Waals surface area contributed by atoms with Crippen molar-refractivity contribution >= 4 is 23.4 Å². The van der Waals surface area contributed by atoms with Crippen molar-refractivity contribution in [3.8, 4) is 0 Å². The first-order valence-electron chi connectivity index (χ1n) is 10.2. The molecule has 1 amide bonds. The summed E-state index contributed by atoms with van der Waals surface area (Å²) in [6.45, 7) is 5.75. The number of likely N-dealkylation sites (N-methyl/N-ethyl adjacent to an activating group) is 1. The summed E-state index contributed by atoms with van der Waals surface area (Å²) in [6, 6.07) is 1.40. The predicted octanol–water partition coefficient (Wildman–Crippen LogP) is 3.69. The van der Waals surface area contributed by atoms with Crippen LogP contribution in [0.15, 0.2) is 29.1 Å². The van der Waals surface area contributed by atoms with Gasteiger partial charge in [-0.2, -0.15) is 10.1 Å². The predicted molar refractivity (Wildman–Crippen MR) is 117 cm³/mol.